The van der Waals surface area contributed by atoms with E-state index in [1.807, 2.05) is 0 Å². The van der Waals surface area contributed by atoms with E-state index < -0.39 is 0 Å². The lowest BCUT2D eigenvalue weighted by atomic mass is 10.0. The summed E-state index contributed by atoms with van der Waals surface area (Å²) in [5, 5.41) is 0. The first-order valence-electron chi connectivity index (χ1n) is 5.57. The molecule has 2 heteroatoms. The Morgan fingerprint density at radius 1 is 1.29 bits per heavy atom. The van der Waals surface area contributed by atoms with E-state index in [1.165, 1.54) is 32.1 Å². The quantitative estimate of drug-likeness (QED) is 0.611. The molecular weight excluding hydrogens is 174 g/mol. The third kappa shape index (κ3) is 1.64. The summed E-state index contributed by atoms with van der Waals surface area (Å²) >= 11 is 0. The smallest absolute Gasteiger partial charge is 0.224 e. The predicted molar refractivity (Wildman–Crippen MR) is 55.6 cm³/mol. The number of hydrogen-bond donors (Lipinski definition) is 0. The predicted octanol–water partition coefficient (Wildman–Crippen LogP) is 1.94. The van der Waals surface area contributed by atoms with E-state index in [4.69, 9.17) is 6.42 Å². The lowest BCUT2D eigenvalue weighted by Gasteiger charge is -2.34. The Labute approximate surface area is 85.7 Å². The number of piperidine rings is 1. The second kappa shape index (κ2) is 4.04. The molecule has 1 amide bonds. The van der Waals surface area contributed by atoms with Crippen LogP contribution >= 0.6 is 0 Å². The molecule has 0 radical (unpaired) electrons. The Balaban J connectivity index is 1.97. The van der Waals surface area contributed by atoms with Gasteiger partial charge in [-0.25, -0.2) is 0 Å². The zero-order valence-electron chi connectivity index (χ0n) is 8.54. The Morgan fingerprint density at radius 3 is 2.50 bits per heavy atom. The van der Waals surface area contributed by atoms with Crippen LogP contribution in [-0.4, -0.2) is 22.9 Å². The highest BCUT2D eigenvalue weighted by Gasteiger charge is 2.38. The van der Waals surface area contributed by atoms with Crippen LogP contribution in [-0.2, 0) is 4.79 Å². The van der Waals surface area contributed by atoms with Gasteiger partial charge >= 0.3 is 0 Å². The van der Waals surface area contributed by atoms with E-state index in [2.05, 4.69) is 10.8 Å². The van der Waals surface area contributed by atoms with Gasteiger partial charge in [0.25, 0.3) is 0 Å². The van der Waals surface area contributed by atoms with Gasteiger partial charge in [0.05, 0.1) is 0 Å². The molecule has 2 saturated heterocycles. The van der Waals surface area contributed by atoms with E-state index in [9.17, 15) is 4.79 Å². The molecule has 2 aliphatic heterocycles. The largest absolute Gasteiger partial charge is 0.337 e. The van der Waals surface area contributed by atoms with Crippen molar-refractivity contribution in [3.63, 3.8) is 0 Å². The van der Waals surface area contributed by atoms with Crippen LogP contribution in [0.3, 0.4) is 0 Å². The first-order chi connectivity index (χ1) is 6.83. The molecule has 2 atom stereocenters. The second-order valence-electron chi connectivity index (χ2n) is 4.32. The van der Waals surface area contributed by atoms with E-state index in [-0.39, 0.29) is 5.91 Å². The van der Waals surface area contributed by atoms with Gasteiger partial charge in [0, 0.05) is 24.9 Å². The number of carbonyl (C=O) groups excluding carboxylic acids is 1. The van der Waals surface area contributed by atoms with Crippen LogP contribution in [0, 0.1) is 12.3 Å². The maximum absolute atomic E-state index is 11.8. The minimum absolute atomic E-state index is 0.287. The Kier molecular flexibility index (Phi) is 2.77. The number of amides is 1. The molecule has 0 spiro atoms. The lowest BCUT2D eigenvalue weighted by molar-refractivity contribution is -0.135. The molecule has 0 aliphatic carbocycles. The summed E-state index contributed by atoms with van der Waals surface area (Å²) in [4.78, 5) is 14.0. The van der Waals surface area contributed by atoms with Crippen molar-refractivity contribution < 1.29 is 4.79 Å². The van der Waals surface area contributed by atoms with Crippen molar-refractivity contribution in [3.05, 3.63) is 0 Å². The molecule has 0 aromatic heterocycles. The van der Waals surface area contributed by atoms with E-state index >= 15 is 0 Å². The molecular formula is C12H17NO. The molecule has 2 nitrogen and oxygen atoms in total. The standard InChI is InChI=1S/C12H17NO/c1-2-3-7-12(14)13-10-5-4-6-11(13)9-8-10/h1,10-11H,3-9H2. The fourth-order valence-corrected chi connectivity index (χ4v) is 2.83. The zero-order chi connectivity index (χ0) is 9.97. The maximum Gasteiger partial charge on any atom is 0.224 e. The summed E-state index contributed by atoms with van der Waals surface area (Å²) < 4.78 is 0. The number of nitrogens with zero attached hydrogens (tertiary/aromatic N) is 1. The third-order valence-electron chi connectivity index (χ3n) is 3.47. The first kappa shape index (κ1) is 9.58. The van der Waals surface area contributed by atoms with Gasteiger partial charge in [-0.2, -0.15) is 0 Å². The van der Waals surface area contributed by atoms with Crippen molar-refractivity contribution in [3.8, 4) is 12.3 Å². The van der Waals surface area contributed by atoms with Crippen molar-refractivity contribution >= 4 is 5.91 Å². The number of hydrogen-bond acceptors (Lipinski definition) is 1. The van der Waals surface area contributed by atoms with E-state index in [0.29, 0.717) is 24.9 Å². The molecule has 2 fully saturated rings. The van der Waals surface area contributed by atoms with Crippen LogP contribution in [0.4, 0.5) is 0 Å². The van der Waals surface area contributed by atoms with E-state index in [1.54, 1.807) is 0 Å². The fraction of sp³-hybridized carbons (Fsp3) is 0.750. The Bertz CT molecular complexity index is 250. The monoisotopic (exact) mass is 191 g/mol. The molecule has 76 valence electrons. The molecule has 2 rings (SSSR count). The zero-order valence-corrected chi connectivity index (χ0v) is 8.54. The van der Waals surface area contributed by atoms with Crippen LogP contribution < -0.4 is 0 Å². The normalized spacial score (nSPS) is 30.1. The molecule has 2 unspecified atom stereocenters. The van der Waals surface area contributed by atoms with Crippen LogP contribution in [0.5, 0.6) is 0 Å². The molecule has 14 heavy (non-hydrogen) atoms. The summed E-state index contributed by atoms with van der Waals surface area (Å²) in [7, 11) is 0. The van der Waals surface area contributed by atoms with Gasteiger partial charge < -0.3 is 4.90 Å². The minimum Gasteiger partial charge on any atom is -0.337 e. The van der Waals surface area contributed by atoms with Crippen molar-refractivity contribution in [2.75, 3.05) is 0 Å². The highest BCUT2D eigenvalue weighted by molar-refractivity contribution is 5.77. The summed E-state index contributed by atoms with van der Waals surface area (Å²) in [6, 6.07) is 1.08. The molecule has 0 saturated carbocycles. The van der Waals surface area contributed by atoms with Gasteiger partial charge in [-0.3, -0.25) is 4.79 Å². The van der Waals surface area contributed by atoms with Crippen molar-refractivity contribution in [2.45, 2.75) is 57.0 Å². The minimum atomic E-state index is 0.287. The Morgan fingerprint density at radius 2 is 1.93 bits per heavy atom. The summed E-state index contributed by atoms with van der Waals surface area (Å²) in [6.07, 6.45) is 12.5. The van der Waals surface area contributed by atoms with Gasteiger partial charge in [-0.1, -0.05) is 0 Å². The second-order valence-corrected chi connectivity index (χ2v) is 4.32. The van der Waals surface area contributed by atoms with Gasteiger partial charge in [0.2, 0.25) is 5.91 Å². The van der Waals surface area contributed by atoms with Gasteiger partial charge in [-0.15, -0.1) is 12.3 Å². The number of fused-ring (bicyclic) bond motifs is 2. The molecule has 0 aromatic rings. The molecule has 2 bridgehead atoms. The van der Waals surface area contributed by atoms with E-state index in [0.717, 1.165) is 0 Å². The summed E-state index contributed by atoms with van der Waals surface area (Å²) in [5.41, 5.74) is 0. The van der Waals surface area contributed by atoms with Crippen molar-refractivity contribution in [2.24, 2.45) is 0 Å². The van der Waals surface area contributed by atoms with Gasteiger partial charge in [0.15, 0.2) is 0 Å². The Hall–Kier alpha value is -0.970. The molecule has 2 aliphatic rings. The third-order valence-corrected chi connectivity index (χ3v) is 3.47. The number of rotatable bonds is 2. The molecule has 0 aromatic carbocycles. The van der Waals surface area contributed by atoms with Crippen LogP contribution in [0.25, 0.3) is 0 Å². The van der Waals surface area contributed by atoms with Gasteiger partial charge in [-0.05, 0) is 32.1 Å². The summed E-state index contributed by atoms with van der Waals surface area (Å²) in [6.45, 7) is 0. The highest BCUT2D eigenvalue weighted by atomic mass is 16.2. The average molecular weight is 191 g/mol. The lowest BCUT2D eigenvalue weighted by Crippen LogP contribution is -2.43. The molecule has 0 N–H and O–H groups in total. The van der Waals surface area contributed by atoms with Gasteiger partial charge in [0.1, 0.15) is 0 Å². The van der Waals surface area contributed by atoms with Crippen LogP contribution in [0.1, 0.15) is 44.9 Å². The van der Waals surface area contributed by atoms with Crippen LogP contribution in [0.2, 0.25) is 0 Å². The average Bonchev–Trinajstić information content (AvgIpc) is 2.45. The maximum atomic E-state index is 11.8. The van der Waals surface area contributed by atoms with Crippen LogP contribution in [0.15, 0.2) is 0 Å². The topological polar surface area (TPSA) is 20.3 Å². The SMILES string of the molecule is C#CCCC(=O)N1C2CCCC1CC2. The number of terminal acetylenes is 1. The summed E-state index contributed by atoms with van der Waals surface area (Å²) in [5.74, 6) is 2.83. The fourth-order valence-electron chi connectivity index (χ4n) is 2.83. The van der Waals surface area contributed by atoms with Crippen molar-refractivity contribution in [1.29, 1.82) is 0 Å². The molecule has 2 heterocycles. The highest BCUT2D eigenvalue weighted by Crippen LogP contribution is 2.35. The number of carbonyl (C=O) groups is 1. The first-order valence-corrected chi connectivity index (χ1v) is 5.57. The van der Waals surface area contributed by atoms with Crippen molar-refractivity contribution in [1.82, 2.24) is 4.90 Å².